The number of nitro groups is 1. The number of rotatable bonds is 5. The van der Waals surface area contributed by atoms with E-state index < -0.39 is 16.9 Å². The van der Waals surface area contributed by atoms with Crippen LogP contribution in [0.2, 0.25) is 15.1 Å². The third kappa shape index (κ3) is 5.68. The van der Waals surface area contributed by atoms with E-state index in [4.69, 9.17) is 51.8 Å². The lowest BCUT2D eigenvalue weighted by molar-refractivity contribution is -0.384. The number of nitro benzene ring substituents is 1. The van der Waals surface area contributed by atoms with Crippen molar-refractivity contribution in [3.8, 4) is 5.75 Å². The molecule has 0 aliphatic heterocycles. The maximum atomic E-state index is 12.3. The smallest absolute Gasteiger partial charge is 0.288 e. The third-order valence-corrected chi connectivity index (χ3v) is 4.58. The molecule has 1 amide bonds. The number of carbonyl (C=O) groups excluding carboxylic acids is 1. The molecule has 2 aromatic carbocycles. The minimum Gasteiger partial charge on any atom is -0.479 e. The van der Waals surface area contributed by atoms with Gasteiger partial charge in [0.15, 0.2) is 11.2 Å². The maximum absolute atomic E-state index is 12.3. The van der Waals surface area contributed by atoms with Gasteiger partial charge in [-0.15, -0.1) is 0 Å². The van der Waals surface area contributed by atoms with Crippen LogP contribution in [0.15, 0.2) is 30.3 Å². The second kappa shape index (κ2) is 9.38. The molecule has 2 aromatic rings. The van der Waals surface area contributed by atoms with Crippen LogP contribution in [0.4, 0.5) is 11.4 Å². The van der Waals surface area contributed by atoms with Gasteiger partial charge in [0, 0.05) is 16.8 Å². The van der Waals surface area contributed by atoms with Crippen LogP contribution in [0.5, 0.6) is 5.75 Å². The molecule has 11 heteroatoms. The molecule has 148 valence electrons. The van der Waals surface area contributed by atoms with E-state index in [9.17, 15) is 14.9 Å². The number of hydrogen-bond donors (Lipinski definition) is 2. The van der Waals surface area contributed by atoms with Crippen molar-refractivity contribution in [1.82, 2.24) is 5.32 Å². The number of ether oxygens (including phenoxy) is 1. The quantitative estimate of drug-likeness (QED) is 0.363. The van der Waals surface area contributed by atoms with Crippen LogP contribution < -0.4 is 15.4 Å². The molecule has 0 aliphatic carbocycles. The predicted molar refractivity (Wildman–Crippen MR) is 114 cm³/mol. The fraction of sp³-hybridized carbons (Fsp3) is 0.176. The summed E-state index contributed by atoms with van der Waals surface area (Å²) in [5.41, 5.74) is 0.738. The first-order valence-corrected chi connectivity index (χ1v) is 9.30. The summed E-state index contributed by atoms with van der Waals surface area (Å²) < 4.78 is 5.51. The summed E-state index contributed by atoms with van der Waals surface area (Å²) in [5.74, 6) is -0.222. The fourth-order valence-electron chi connectivity index (χ4n) is 2.12. The van der Waals surface area contributed by atoms with Crippen LogP contribution in [0.25, 0.3) is 0 Å². The number of nitrogens with zero attached hydrogens (tertiary/aromatic N) is 1. The predicted octanol–water partition coefficient (Wildman–Crippen LogP) is 5.14. The second-order valence-electron chi connectivity index (χ2n) is 5.65. The van der Waals surface area contributed by atoms with Crippen LogP contribution in [0, 0.1) is 17.0 Å². The van der Waals surface area contributed by atoms with Gasteiger partial charge in [0.1, 0.15) is 10.8 Å². The number of hydrogen-bond acceptors (Lipinski definition) is 5. The first-order chi connectivity index (χ1) is 13.1. The molecule has 0 radical (unpaired) electrons. The highest BCUT2D eigenvalue weighted by Gasteiger charge is 2.19. The van der Waals surface area contributed by atoms with Crippen molar-refractivity contribution in [3.05, 3.63) is 61.1 Å². The summed E-state index contributed by atoms with van der Waals surface area (Å²) in [6, 6.07) is 7.30. The van der Waals surface area contributed by atoms with Crippen molar-refractivity contribution in [3.63, 3.8) is 0 Å². The summed E-state index contributed by atoms with van der Waals surface area (Å²) in [7, 11) is 0. The Morgan fingerprint density at radius 2 is 1.89 bits per heavy atom. The van der Waals surface area contributed by atoms with Crippen LogP contribution in [0.1, 0.15) is 12.5 Å². The van der Waals surface area contributed by atoms with Gasteiger partial charge in [-0.1, -0.05) is 34.8 Å². The van der Waals surface area contributed by atoms with E-state index in [1.54, 1.807) is 19.1 Å². The minimum atomic E-state index is -0.903. The van der Waals surface area contributed by atoms with E-state index >= 15 is 0 Å². The highest BCUT2D eigenvalue weighted by Crippen LogP contribution is 2.31. The van der Waals surface area contributed by atoms with Crippen LogP contribution in [0.3, 0.4) is 0 Å². The average molecular weight is 463 g/mol. The van der Waals surface area contributed by atoms with Crippen molar-refractivity contribution >= 4 is 69.4 Å². The molecular weight excluding hydrogens is 449 g/mol. The molecule has 1 unspecified atom stereocenters. The average Bonchev–Trinajstić information content (AvgIpc) is 2.59. The van der Waals surface area contributed by atoms with Crippen LogP contribution >= 0.6 is 47.0 Å². The molecule has 1 atom stereocenters. The normalized spacial score (nSPS) is 11.5. The number of carbonyl (C=O) groups is 1. The molecular formula is C17H14Cl3N3O4S. The van der Waals surface area contributed by atoms with Gasteiger partial charge in [-0.05, 0) is 55.9 Å². The number of thiocarbonyl (C=S) groups is 1. The molecule has 0 saturated carbocycles. The largest absolute Gasteiger partial charge is 0.479 e. The molecule has 7 nitrogen and oxygen atoms in total. The van der Waals surface area contributed by atoms with Gasteiger partial charge in [-0.2, -0.15) is 0 Å². The van der Waals surface area contributed by atoms with E-state index in [0.29, 0.717) is 22.0 Å². The number of anilines is 1. The molecule has 28 heavy (non-hydrogen) atoms. The monoisotopic (exact) mass is 461 g/mol. The van der Waals surface area contributed by atoms with Crippen molar-refractivity contribution in [2.75, 3.05) is 5.32 Å². The number of halogens is 3. The molecule has 0 bridgehead atoms. The Labute approximate surface area is 181 Å². The Bertz CT molecular complexity index is 955. The molecule has 0 fully saturated rings. The van der Waals surface area contributed by atoms with Crippen molar-refractivity contribution in [1.29, 1.82) is 0 Å². The maximum Gasteiger partial charge on any atom is 0.288 e. The Hall–Kier alpha value is -2.13. The van der Waals surface area contributed by atoms with Crippen molar-refractivity contribution in [2.45, 2.75) is 20.0 Å². The van der Waals surface area contributed by atoms with E-state index in [0.717, 1.165) is 0 Å². The highest BCUT2D eigenvalue weighted by molar-refractivity contribution is 7.80. The van der Waals surface area contributed by atoms with Gasteiger partial charge in [0.05, 0.1) is 9.95 Å². The lowest BCUT2D eigenvalue weighted by Gasteiger charge is -2.17. The number of amides is 1. The van der Waals surface area contributed by atoms with Gasteiger partial charge in [0.2, 0.25) is 0 Å². The number of nitrogens with one attached hydrogen (secondary N) is 2. The molecule has 0 spiro atoms. The zero-order valence-corrected chi connectivity index (χ0v) is 17.7. The van der Waals surface area contributed by atoms with E-state index in [1.165, 1.54) is 25.1 Å². The van der Waals surface area contributed by atoms with E-state index in [2.05, 4.69) is 10.6 Å². The lowest BCUT2D eigenvalue weighted by atomic mass is 10.2. The zero-order chi connectivity index (χ0) is 21.0. The Kier molecular flexibility index (Phi) is 7.42. The first kappa shape index (κ1) is 22.2. The van der Waals surface area contributed by atoms with Gasteiger partial charge in [0.25, 0.3) is 11.6 Å². The number of benzene rings is 2. The summed E-state index contributed by atoms with van der Waals surface area (Å²) in [5, 5.41) is 16.8. The van der Waals surface area contributed by atoms with Crippen LogP contribution in [-0.2, 0) is 4.79 Å². The SMILES string of the molecule is Cc1cc([N+](=O)[O-])c(Cl)cc1NC(=S)NC(=O)C(C)Oc1ccc(Cl)cc1Cl. The second-order valence-corrected chi connectivity index (χ2v) is 7.31. The molecule has 2 N–H and O–H groups in total. The fourth-order valence-corrected chi connectivity index (χ4v) is 3.02. The first-order valence-electron chi connectivity index (χ1n) is 7.76. The number of aryl methyl sites for hydroxylation is 1. The van der Waals surface area contributed by atoms with Crippen molar-refractivity contribution in [2.24, 2.45) is 0 Å². The van der Waals surface area contributed by atoms with Crippen LogP contribution in [-0.4, -0.2) is 22.0 Å². The standard InChI is InChI=1S/C17H14Cl3N3O4S/c1-8-5-14(23(25)26)11(19)7-13(8)21-17(28)22-16(24)9(2)27-15-4-3-10(18)6-12(15)20/h3-7,9H,1-2H3,(H2,21,22,24,28). The molecule has 2 rings (SSSR count). The Morgan fingerprint density at radius 3 is 2.50 bits per heavy atom. The Morgan fingerprint density at radius 1 is 1.21 bits per heavy atom. The lowest BCUT2D eigenvalue weighted by Crippen LogP contribution is -2.42. The molecule has 0 aliphatic rings. The third-order valence-electron chi connectivity index (χ3n) is 3.54. The summed E-state index contributed by atoms with van der Waals surface area (Å²) in [4.78, 5) is 22.6. The molecule has 0 saturated heterocycles. The van der Waals surface area contributed by atoms with Gasteiger partial charge in [-0.25, -0.2) is 0 Å². The van der Waals surface area contributed by atoms with E-state index in [-0.39, 0.29) is 20.8 Å². The molecule has 0 heterocycles. The summed E-state index contributed by atoms with van der Waals surface area (Å²) >= 11 is 22.8. The molecule has 0 aromatic heterocycles. The zero-order valence-electron chi connectivity index (χ0n) is 14.6. The van der Waals surface area contributed by atoms with Gasteiger partial charge < -0.3 is 10.1 Å². The van der Waals surface area contributed by atoms with Crippen molar-refractivity contribution < 1.29 is 14.5 Å². The van der Waals surface area contributed by atoms with Gasteiger partial charge in [-0.3, -0.25) is 20.2 Å². The summed E-state index contributed by atoms with van der Waals surface area (Å²) in [6.45, 7) is 3.17. The topological polar surface area (TPSA) is 93.5 Å². The van der Waals surface area contributed by atoms with E-state index in [1.807, 2.05) is 0 Å². The summed E-state index contributed by atoms with van der Waals surface area (Å²) in [6.07, 6.45) is -0.903. The highest BCUT2D eigenvalue weighted by atomic mass is 35.5. The van der Waals surface area contributed by atoms with Gasteiger partial charge >= 0.3 is 0 Å². The Balaban J connectivity index is 2.01. The minimum absolute atomic E-state index is 0.0179.